The van der Waals surface area contributed by atoms with Crippen LogP contribution < -0.4 is 5.32 Å². The molecular formula is C23H23NO4S. The van der Waals surface area contributed by atoms with Crippen LogP contribution in [0.15, 0.2) is 70.0 Å². The fourth-order valence-electron chi connectivity index (χ4n) is 2.99. The van der Waals surface area contributed by atoms with Gasteiger partial charge in [0.1, 0.15) is 5.76 Å². The summed E-state index contributed by atoms with van der Waals surface area (Å²) in [5.41, 5.74) is 3.07. The van der Waals surface area contributed by atoms with Gasteiger partial charge in [-0.2, -0.15) is 0 Å². The number of carbonyl (C=O) groups excluding carboxylic acids is 2. The number of methoxy groups -OCH3 is 1. The molecule has 0 aliphatic rings. The van der Waals surface area contributed by atoms with Crippen molar-refractivity contribution in [1.82, 2.24) is 5.32 Å². The zero-order chi connectivity index (χ0) is 20.8. The maximum atomic E-state index is 12.6. The van der Waals surface area contributed by atoms with Crippen molar-refractivity contribution in [3.63, 3.8) is 0 Å². The van der Waals surface area contributed by atoms with E-state index in [9.17, 15) is 9.59 Å². The molecule has 1 aromatic heterocycles. The van der Waals surface area contributed by atoms with Crippen LogP contribution in [0.3, 0.4) is 0 Å². The predicted molar refractivity (Wildman–Crippen MR) is 113 cm³/mol. The zero-order valence-corrected chi connectivity index (χ0v) is 17.4. The molecule has 0 radical (unpaired) electrons. The molecular weight excluding hydrogens is 386 g/mol. The predicted octanol–water partition coefficient (Wildman–Crippen LogP) is 4.83. The van der Waals surface area contributed by atoms with Crippen LogP contribution in [0.25, 0.3) is 0 Å². The van der Waals surface area contributed by atoms with Crippen molar-refractivity contribution in [2.45, 2.75) is 30.5 Å². The van der Waals surface area contributed by atoms with Gasteiger partial charge in [0.15, 0.2) is 11.8 Å². The van der Waals surface area contributed by atoms with Crippen molar-refractivity contribution in [1.29, 1.82) is 0 Å². The van der Waals surface area contributed by atoms with Gasteiger partial charge in [-0.25, -0.2) is 4.79 Å². The van der Waals surface area contributed by atoms with E-state index in [1.807, 2.05) is 12.1 Å². The molecule has 1 atom stereocenters. The van der Waals surface area contributed by atoms with E-state index in [0.717, 1.165) is 0 Å². The second kappa shape index (κ2) is 9.47. The lowest BCUT2D eigenvalue weighted by Gasteiger charge is -2.16. The van der Waals surface area contributed by atoms with Gasteiger partial charge >= 0.3 is 5.97 Å². The quantitative estimate of drug-likeness (QED) is 0.447. The second-order valence-corrected chi connectivity index (χ2v) is 7.60. The van der Waals surface area contributed by atoms with Crippen molar-refractivity contribution in [3.05, 3.63) is 88.9 Å². The molecule has 0 bridgehead atoms. The zero-order valence-electron chi connectivity index (χ0n) is 16.6. The molecule has 1 heterocycles. The summed E-state index contributed by atoms with van der Waals surface area (Å²) in [5.74, 6) is 0.455. The highest BCUT2D eigenvalue weighted by atomic mass is 32.2. The van der Waals surface area contributed by atoms with Crippen molar-refractivity contribution in [2.75, 3.05) is 7.11 Å². The summed E-state index contributed by atoms with van der Waals surface area (Å²) in [7, 11) is 1.29. The Morgan fingerprint density at radius 3 is 2.34 bits per heavy atom. The maximum Gasteiger partial charge on any atom is 0.333 e. The fourth-order valence-corrected chi connectivity index (χ4v) is 4.02. The number of benzene rings is 2. The summed E-state index contributed by atoms with van der Waals surface area (Å²) in [6.07, 6.45) is 0. The average molecular weight is 410 g/mol. The highest BCUT2D eigenvalue weighted by Gasteiger charge is 2.25. The SMILES string of the molecule is COC(=O)C(NC(=O)c1ccc(CSc2c(C)cccc2C)o1)c1ccccc1. The molecule has 0 spiro atoms. The standard InChI is InChI=1S/C23H23NO4S/c1-15-8-7-9-16(2)21(15)29-14-18-12-13-19(28-18)22(25)24-20(23(26)27-3)17-10-5-4-6-11-17/h4-13,20H,14H2,1-3H3,(H,24,25). The van der Waals surface area contributed by atoms with E-state index >= 15 is 0 Å². The molecule has 5 nitrogen and oxygen atoms in total. The van der Waals surface area contributed by atoms with Gasteiger partial charge in [0.25, 0.3) is 5.91 Å². The second-order valence-electron chi connectivity index (χ2n) is 6.62. The molecule has 1 amide bonds. The highest BCUT2D eigenvalue weighted by Crippen LogP contribution is 2.29. The summed E-state index contributed by atoms with van der Waals surface area (Å²) < 4.78 is 10.5. The molecule has 0 aliphatic heterocycles. The van der Waals surface area contributed by atoms with Crippen molar-refractivity contribution < 1.29 is 18.7 Å². The minimum atomic E-state index is -0.897. The molecule has 0 aliphatic carbocycles. The van der Waals surface area contributed by atoms with E-state index in [-0.39, 0.29) is 5.76 Å². The van der Waals surface area contributed by atoms with Crippen LogP contribution in [0, 0.1) is 13.8 Å². The highest BCUT2D eigenvalue weighted by molar-refractivity contribution is 7.98. The summed E-state index contributed by atoms with van der Waals surface area (Å²) in [5, 5.41) is 2.69. The van der Waals surface area contributed by atoms with Gasteiger partial charge in [0.05, 0.1) is 12.9 Å². The smallest absolute Gasteiger partial charge is 0.333 e. The van der Waals surface area contributed by atoms with Gasteiger partial charge in [-0.05, 0) is 42.7 Å². The number of hydrogen-bond acceptors (Lipinski definition) is 5. The average Bonchev–Trinajstić information content (AvgIpc) is 3.21. The van der Waals surface area contributed by atoms with Crippen molar-refractivity contribution in [2.24, 2.45) is 0 Å². The monoisotopic (exact) mass is 409 g/mol. The summed E-state index contributed by atoms with van der Waals surface area (Å²) >= 11 is 1.67. The molecule has 3 aromatic rings. The van der Waals surface area contributed by atoms with Gasteiger partial charge < -0.3 is 14.5 Å². The Hall–Kier alpha value is -2.99. The van der Waals surface area contributed by atoms with Crippen LogP contribution in [-0.4, -0.2) is 19.0 Å². The molecule has 1 unspecified atom stereocenters. The van der Waals surface area contributed by atoms with E-state index in [4.69, 9.17) is 9.15 Å². The summed E-state index contributed by atoms with van der Waals surface area (Å²) in [4.78, 5) is 26.0. The molecule has 0 saturated carbocycles. The third kappa shape index (κ3) is 5.09. The Morgan fingerprint density at radius 1 is 1.00 bits per heavy atom. The molecule has 0 saturated heterocycles. The van der Waals surface area contributed by atoms with E-state index in [1.165, 1.54) is 23.1 Å². The van der Waals surface area contributed by atoms with E-state index in [0.29, 0.717) is 17.1 Å². The largest absolute Gasteiger partial charge is 0.467 e. The van der Waals surface area contributed by atoms with Crippen LogP contribution in [0.5, 0.6) is 0 Å². The molecule has 2 aromatic carbocycles. The first-order valence-corrected chi connectivity index (χ1v) is 10.2. The number of amides is 1. The number of esters is 1. The number of thioether (sulfide) groups is 1. The Bertz CT molecular complexity index is 977. The van der Waals surface area contributed by atoms with Crippen LogP contribution >= 0.6 is 11.8 Å². The Labute approximate surface area is 174 Å². The molecule has 6 heteroatoms. The van der Waals surface area contributed by atoms with E-state index in [1.54, 1.807) is 48.2 Å². The normalized spacial score (nSPS) is 11.7. The molecule has 3 rings (SSSR count). The summed E-state index contributed by atoms with van der Waals surface area (Å²) in [6, 6.07) is 17.7. The lowest BCUT2D eigenvalue weighted by molar-refractivity contribution is -0.143. The molecule has 29 heavy (non-hydrogen) atoms. The van der Waals surface area contributed by atoms with Crippen LogP contribution in [0.1, 0.15) is 39.0 Å². The van der Waals surface area contributed by atoms with Gasteiger partial charge in [-0.1, -0.05) is 48.5 Å². The lowest BCUT2D eigenvalue weighted by Crippen LogP contribution is -2.34. The first kappa shape index (κ1) is 20.7. The van der Waals surface area contributed by atoms with Gasteiger partial charge in [0, 0.05) is 4.90 Å². The number of aryl methyl sites for hydroxylation is 2. The third-order valence-corrected chi connectivity index (χ3v) is 5.86. The number of furan rings is 1. The number of carbonyl (C=O) groups is 2. The lowest BCUT2D eigenvalue weighted by atomic mass is 10.1. The third-order valence-electron chi connectivity index (χ3n) is 4.50. The molecule has 0 fully saturated rings. The van der Waals surface area contributed by atoms with Crippen molar-refractivity contribution in [3.8, 4) is 0 Å². The van der Waals surface area contributed by atoms with Crippen LogP contribution in [0.4, 0.5) is 0 Å². The number of rotatable bonds is 7. The first-order valence-electron chi connectivity index (χ1n) is 9.21. The Balaban J connectivity index is 1.69. The Morgan fingerprint density at radius 2 is 1.69 bits per heavy atom. The minimum absolute atomic E-state index is 0.159. The molecule has 150 valence electrons. The van der Waals surface area contributed by atoms with Gasteiger partial charge in [-0.15, -0.1) is 11.8 Å². The topological polar surface area (TPSA) is 68.5 Å². The Kier molecular flexibility index (Phi) is 6.77. The van der Waals surface area contributed by atoms with Gasteiger partial charge in [-0.3, -0.25) is 4.79 Å². The van der Waals surface area contributed by atoms with Crippen molar-refractivity contribution >= 4 is 23.6 Å². The number of ether oxygens (including phenoxy) is 1. The first-order chi connectivity index (χ1) is 14.0. The fraction of sp³-hybridized carbons (Fsp3) is 0.217. The van der Waals surface area contributed by atoms with E-state index in [2.05, 4.69) is 31.3 Å². The number of nitrogens with one attached hydrogen (secondary N) is 1. The maximum absolute atomic E-state index is 12.6. The minimum Gasteiger partial charge on any atom is -0.467 e. The van der Waals surface area contributed by atoms with E-state index < -0.39 is 17.9 Å². The van der Waals surface area contributed by atoms with Crippen LogP contribution in [0.2, 0.25) is 0 Å². The number of hydrogen-bond donors (Lipinski definition) is 1. The van der Waals surface area contributed by atoms with Gasteiger partial charge in [0.2, 0.25) is 0 Å². The summed E-state index contributed by atoms with van der Waals surface area (Å²) in [6.45, 7) is 4.15. The molecule has 1 N–H and O–H groups in total. The van der Waals surface area contributed by atoms with Crippen LogP contribution in [-0.2, 0) is 15.3 Å².